The minimum Gasteiger partial charge on any atom is -0.498 e. The highest BCUT2D eigenvalue weighted by Gasteiger charge is 2.31. The molecule has 0 bridgehead atoms. The molecule has 40 heavy (non-hydrogen) atoms. The normalized spacial score (nSPS) is 17.1. The van der Waals surface area contributed by atoms with Crippen LogP contribution >= 0.6 is 11.6 Å². The summed E-state index contributed by atoms with van der Waals surface area (Å²) < 4.78 is 19.7. The second-order valence-electron chi connectivity index (χ2n) is 9.86. The number of imidazole rings is 1. The van der Waals surface area contributed by atoms with Gasteiger partial charge in [0.2, 0.25) is 5.69 Å². The zero-order chi connectivity index (χ0) is 27.6. The number of rotatable bonds is 10. The highest BCUT2D eigenvalue weighted by molar-refractivity contribution is 6.30. The molecule has 2 aliphatic rings. The smallest absolute Gasteiger partial charge is 0.335 e. The Bertz CT molecular complexity index is 1610. The zero-order valence-electron chi connectivity index (χ0n) is 21.5. The minimum absolute atomic E-state index is 0.0209. The second kappa shape index (κ2) is 11.1. The number of carboxylic acid groups (broad SMARTS) is 1. The van der Waals surface area contributed by atoms with Crippen LogP contribution in [-0.4, -0.2) is 62.4 Å². The lowest BCUT2D eigenvalue weighted by atomic mass is 10.1. The summed E-state index contributed by atoms with van der Waals surface area (Å²) >= 11 is 5.97. The van der Waals surface area contributed by atoms with Gasteiger partial charge in [-0.25, -0.2) is 14.6 Å². The van der Waals surface area contributed by atoms with Crippen molar-refractivity contribution in [3.8, 4) is 11.5 Å². The van der Waals surface area contributed by atoms with E-state index in [0.29, 0.717) is 41.0 Å². The number of aromatic nitrogens is 3. The monoisotopic (exact) mass is 559 g/mol. The Morgan fingerprint density at radius 2 is 2.05 bits per heavy atom. The fourth-order valence-corrected chi connectivity index (χ4v) is 5.01. The fourth-order valence-electron chi connectivity index (χ4n) is 4.84. The number of pyridine rings is 1. The van der Waals surface area contributed by atoms with Crippen molar-refractivity contribution in [1.82, 2.24) is 19.4 Å². The predicted molar refractivity (Wildman–Crippen MR) is 147 cm³/mol. The molecule has 0 amide bonds. The van der Waals surface area contributed by atoms with Crippen LogP contribution in [0, 0.1) is 6.57 Å². The third-order valence-electron chi connectivity index (χ3n) is 7.05. The van der Waals surface area contributed by atoms with Crippen LogP contribution in [0.5, 0.6) is 11.5 Å². The van der Waals surface area contributed by atoms with E-state index < -0.39 is 5.97 Å². The maximum absolute atomic E-state index is 11.5. The predicted octanol–water partition coefficient (Wildman–Crippen LogP) is 4.96. The molecule has 4 heterocycles. The van der Waals surface area contributed by atoms with Gasteiger partial charge < -0.3 is 23.9 Å². The molecule has 2 aromatic carbocycles. The first kappa shape index (κ1) is 26.1. The Kier molecular flexibility index (Phi) is 7.26. The molecular weight excluding hydrogens is 534 g/mol. The molecule has 2 aliphatic heterocycles. The van der Waals surface area contributed by atoms with Crippen molar-refractivity contribution in [2.75, 3.05) is 19.7 Å². The van der Waals surface area contributed by atoms with E-state index in [9.17, 15) is 9.90 Å². The van der Waals surface area contributed by atoms with Crippen LogP contribution in [0.1, 0.15) is 28.3 Å². The van der Waals surface area contributed by atoms with E-state index in [4.69, 9.17) is 37.4 Å². The molecule has 0 unspecified atom stereocenters. The summed E-state index contributed by atoms with van der Waals surface area (Å²) in [5.74, 6) is 1.09. The van der Waals surface area contributed by atoms with Crippen LogP contribution in [0.25, 0.3) is 15.9 Å². The fraction of sp³-hybridized carbons (Fsp3) is 0.310. The van der Waals surface area contributed by atoms with E-state index in [0.717, 1.165) is 43.0 Å². The van der Waals surface area contributed by atoms with Gasteiger partial charge in [0.25, 0.3) is 0 Å². The van der Waals surface area contributed by atoms with Crippen LogP contribution in [0.4, 0.5) is 5.69 Å². The van der Waals surface area contributed by atoms with Crippen molar-refractivity contribution in [3.63, 3.8) is 0 Å². The van der Waals surface area contributed by atoms with Crippen molar-refractivity contribution in [3.05, 3.63) is 88.2 Å². The van der Waals surface area contributed by atoms with Crippen molar-refractivity contribution in [2.45, 2.75) is 38.3 Å². The summed E-state index contributed by atoms with van der Waals surface area (Å²) in [4.78, 5) is 26.4. The standard InChI is InChI=1S/C29H26ClN5O5/c1-31-25-11-19(30)3-5-27(25)39-17-20-12-21(6-8-32-20)40-23-13-34(14-23)16-28-33-24-4-2-18(29(36)37)10-26(24)35(28)15-22-7-9-38-22/h2-6,8,10-12,22-23H,7,9,13-17H2,(H,36,37)/t22-/m0/s1. The van der Waals surface area contributed by atoms with Gasteiger partial charge in [0, 0.05) is 37.0 Å². The van der Waals surface area contributed by atoms with Gasteiger partial charge in [-0.2, -0.15) is 0 Å². The van der Waals surface area contributed by atoms with E-state index in [1.165, 1.54) is 0 Å². The summed E-state index contributed by atoms with van der Waals surface area (Å²) in [5, 5.41) is 9.94. The van der Waals surface area contributed by atoms with Crippen LogP contribution in [0.2, 0.25) is 5.02 Å². The number of aromatic carboxylic acids is 1. The van der Waals surface area contributed by atoms with Gasteiger partial charge in [-0.3, -0.25) is 9.88 Å². The lowest BCUT2D eigenvalue weighted by molar-refractivity contribution is -0.0596. The first-order chi connectivity index (χ1) is 19.4. The second-order valence-corrected chi connectivity index (χ2v) is 10.3. The number of nitrogens with zero attached hydrogens (tertiary/aromatic N) is 5. The van der Waals surface area contributed by atoms with Crippen molar-refractivity contribution in [2.24, 2.45) is 0 Å². The Morgan fingerprint density at radius 1 is 1.20 bits per heavy atom. The quantitative estimate of drug-likeness (QED) is 0.272. The molecule has 0 spiro atoms. The van der Waals surface area contributed by atoms with Crippen molar-refractivity contribution in [1.29, 1.82) is 0 Å². The third-order valence-corrected chi connectivity index (χ3v) is 7.29. The topological polar surface area (TPSA) is 103 Å². The van der Waals surface area contributed by atoms with Gasteiger partial charge in [-0.15, -0.1) is 0 Å². The Hall–Kier alpha value is -4.17. The van der Waals surface area contributed by atoms with Gasteiger partial charge in [-0.05, 0) is 48.9 Å². The SMILES string of the molecule is [C-]#[N+]c1cc(Cl)ccc1OCc1cc(OC2CN(Cc3nc4ccc(C(=O)O)cc4n3C[C@@H]3CCO3)C2)ccn1. The van der Waals surface area contributed by atoms with Gasteiger partial charge in [-0.1, -0.05) is 11.6 Å². The van der Waals surface area contributed by atoms with Crippen LogP contribution in [0.3, 0.4) is 0 Å². The van der Waals surface area contributed by atoms with E-state index in [1.807, 2.05) is 12.1 Å². The molecule has 1 atom stereocenters. The number of fused-ring (bicyclic) bond motifs is 1. The lowest BCUT2D eigenvalue weighted by Crippen LogP contribution is -2.53. The van der Waals surface area contributed by atoms with Gasteiger partial charge in [0.15, 0.2) is 0 Å². The van der Waals surface area contributed by atoms with Gasteiger partial charge in [0.05, 0.1) is 48.1 Å². The first-order valence-electron chi connectivity index (χ1n) is 12.9. The number of carbonyl (C=O) groups is 1. The molecule has 2 fully saturated rings. The summed E-state index contributed by atoms with van der Waals surface area (Å²) in [7, 11) is 0. The number of ether oxygens (including phenoxy) is 3. The Balaban J connectivity index is 1.07. The molecule has 0 saturated carbocycles. The van der Waals surface area contributed by atoms with Gasteiger partial charge >= 0.3 is 5.97 Å². The van der Waals surface area contributed by atoms with Crippen molar-refractivity contribution < 1.29 is 24.1 Å². The molecule has 6 rings (SSSR count). The highest BCUT2D eigenvalue weighted by atomic mass is 35.5. The van der Waals surface area contributed by atoms with E-state index in [1.54, 1.807) is 42.6 Å². The number of carboxylic acids is 1. The average molecular weight is 560 g/mol. The first-order valence-corrected chi connectivity index (χ1v) is 13.3. The Labute approximate surface area is 235 Å². The van der Waals surface area contributed by atoms with Crippen LogP contribution < -0.4 is 9.47 Å². The average Bonchev–Trinajstić information content (AvgIpc) is 3.24. The van der Waals surface area contributed by atoms with E-state index >= 15 is 0 Å². The van der Waals surface area contributed by atoms with E-state index in [2.05, 4.69) is 19.3 Å². The maximum atomic E-state index is 11.5. The molecule has 0 radical (unpaired) electrons. The number of halogens is 1. The number of hydrogen-bond donors (Lipinski definition) is 1. The van der Waals surface area contributed by atoms with E-state index in [-0.39, 0.29) is 24.4 Å². The third kappa shape index (κ3) is 5.58. The molecule has 2 aromatic heterocycles. The maximum Gasteiger partial charge on any atom is 0.335 e. The summed E-state index contributed by atoms with van der Waals surface area (Å²) in [6.07, 6.45) is 2.80. The zero-order valence-corrected chi connectivity index (χ0v) is 22.3. The largest absolute Gasteiger partial charge is 0.498 e. The molecule has 4 aromatic rings. The molecule has 2 saturated heterocycles. The van der Waals surface area contributed by atoms with Crippen LogP contribution in [-0.2, 0) is 24.4 Å². The number of likely N-dealkylation sites (tertiary alicyclic amines) is 1. The molecule has 10 nitrogen and oxygen atoms in total. The Morgan fingerprint density at radius 3 is 2.80 bits per heavy atom. The molecule has 204 valence electrons. The molecule has 1 N–H and O–H groups in total. The van der Waals surface area contributed by atoms with Crippen LogP contribution in [0.15, 0.2) is 54.7 Å². The summed E-state index contributed by atoms with van der Waals surface area (Å²) in [5.41, 5.74) is 2.88. The van der Waals surface area contributed by atoms with Crippen molar-refractivity contribution >= 4 is 34.3 Å². The van der Waals surface area contributed by atoms with Gasteiger partial charge in [0.1, 0.15) is 30.0 Å². The molecule has 0 aliphatic carbocycles. The summed E-state index contributed by atoms with van der Waals surface area (Å²) in [6, 6.07) is 13.6. The highest BCUT2D eigenvalue weighted by Crippen LogP contribution is 2.31. The number of hydrogen-bond acceptors (Lipinski definition) is 7. The molecular formula is C29H26ClN5O5. The lowest BCUT2D eigenvalue weighted by Gasteiger charge is -2.39. The number of benzene rings is 2. The molecule has 11 heteroatoms. The minimum atomic E-state index is -0.956. The summed E-state index contributed by atoms with van der Waals surface area (Å²) in [6.45, 7) is 11.0.